The molecule has 0 atom stereocenters. The molecule has 0 radical (unpaired) electrons. The molecule has 3 aliphatic rings. The van der Waals surface area contributed by atoms with Crippen molar-refractivity contribution in [1.29, 1.82) is 0 Å². The van der Waals surface area contributed by atoms with E-state index in [1.165, 1.54) is 0 Å². The summed E-state index contributed by atoms with van der Waals surface area (Å²) in [6.45, 7) is 0.504. The van der Waals surface area contributed by atoms with Gasteiger partial charge in [-0.05, 0) is 13.0 Å². The van der Waals surface area contributed by atoms with Crippen LogP contribution in [-0.4, -0.2) is 24.0 Å². The van der Waals surface area contributed by atoms with Gasteiger partial charge in [0.25, 0.3) is 5.79 Å². The summed E-state index contributed by atoms with van der Waals surface area (Å²) >= 11 is 0. The molecule has 8 nitrogen and oxygen atoms in total. The molecule has 3 fully saturated rings. The molecule has 0 amide bonds. The van der Waals surface area contributed by atoms with E-state index in [9.17, 15) is 0 Å². The van der Waals surface area contributed by atoms with Crippen LogP contribution in [0.1, 0.15) is 12.8 Å². The summed E-state index contributed by atoms with van der Waals surface area (Å²) in [4.78, 5) is 28.4. The quantitative estimate of drug-likeness (QED) is 0.416. The van der Waals surface area contributed by atoms with Gasteiger partial charge in [-0.25, -0.2) is 0 Å². The number of rotatable bonds is 5. The SMILES string of the molecule is NCCCC1(C2(C3(N)OO3)OO2)OO1. The smallest absolute Gasteiger partial charge is 0.330 e. The average Bonchev–Trinajstić information content (AvgIpc) is 2.93. The lowest BCUT2D eigenvalue weighted by atomic mass is 10.0. The van der Waals surface area contributed by atoms with Gasteiger partial charge in [0, 0.05) is 6.42 Å². The van der Waals surface area contributed by atoms with Crippen LogP contribution in [0.15, 0.2) is 0 Å². The highest BCUT2D eigenvalue weighted by Crippen LogP contribution is 2.62. The second-order valence-electron chi connectivity index (χ2n) is 3.43. The molecule has 4 N–H and O–H groups in total. The van der Waals surface area contributed by atoms with Crippen LogP contribution >= 0.6 is 0 Å². The van der Waals surface area contributed by atoms with E-state index in [1.807, 2.05) is 0 Å². The van der Waals surface area contributed by atoms with Gasteiger partial charge >= 0.3 is 11.7 Å². The number of nitrogens with two attached hydrogens (primary N) is 2. The Balaban J connectivity index is 1.75. The van der Waals surface area contributed by atoms with Crippen LogP contribution in [-0.2, 0) is 29.3 Å². The Kier molecular flexibility index (Phi) is 1.55. The molecule has 80 valence electrons. The molecule has 14 heavy (non-hydrogen) atoms. The zero-order valence-electron chi connectivity index (χ0n) is 7.23. The Labute approximate surface area is 78.7 Å². The summed E-state index contributed by atoms with van der Waals surface area (Å²) in [6, 6.07) is 0. The predicted molar refractivity (Wildman–Crippen MR) is 37.2 cm³/mol. The molecule has 0 aromatic rings. The molecule has 3 saturated heterocycles. The molecule has 8 heteroatoms. The molecule has 0 bridgehead atoms. The molecule has 3 heterocycles. The van der Waals surface area contributed by atoms with Crippen LogP contribution in [0, 0.1) is 0 Å². The Morgan fingerprint density at radius 3 is 1.93 bits per heavy atom. The first-order chi connectivity index (χ1) is 6.68. The third-order valence-corrected chi connectivity index (χ3v) is 2.47. The van der Waals surface area contributed by atoms with Crippen molar-refractivity contribution in [1.82, 2.24) is 0 Å². The third kappa shape index (κ3) is 0.938. The molecular formula is C6H10N2O6. The highest BCUT2D eigenvalue weighted by Gasteiger charge is 2.91. The second-order valence-corrected chi connectivity index (χ2v) is 3.43. The molecular weight excluding hydrogens is 196 g/mol. The largest absolute Gasteiger partial charge is 0.364 e. The minimum absolute atomic E-state index is 0.495. The maximum Gasteiger partial charge on any atom is 0.364 e. The van der Waals surface area contributed by atoms with Gasteiger partial charge in [0.1, 0.15) is 0 Å². The van der Waals surface area contributed by atoms with Gasteiger partial charge in [-0.15, -0.1) is 0 Å². The number of hydrogen-bond acceptors (Lipinski definition) is 8. The van der Waals surface area contributed by atoms with E-state index in [2.05, 4.69) is 9.78 Å². The molecule has 0 aromatic carbocycles. The molecule has 0 saturated carbocycles. The summed E-state index contributed by atoms with van der Waals surface area (Å²) in [7, 11) is 0. The Hall–Kier alpha value is -0.320. The molecule has 0 spiro atoms. The van der Waals surface area contributed by atoms with Gasteiger partial charge in [0.05, 0.1) is 0 Å². The molecule has 3 rings (SSSR count). The van der Waals surface area contributed by atoms with E-state index in [1.54, 1.807) is 0 Å². The van der Waals surface area contributed by atoms with Crippen molar-refractivity contribution >= 4 is 0 Å². The van der Waals surface area contributed by atoms with Crippen molar-refractivity contribution < 1.29 is 29.3 Å². The fourth-order valence-corrected chi connectivity index (χ4v) is 1.45. The molecule has 0 unspecified atom stereocenters. The van der Waals surface area contributed by atoms with E-state index >= 15 is 0 Å². The summed E-state index contributed by atoms with van der Waals surface area (Å²) in [5.74, 6) is -3.79. The summed E-state index contributed by atoms with van der Waals surface area (Å²) in [5, 5.41) is 0. The maximum atomic E-state index is 5.60. The first kappa shape index (κ1) is 8.95. The van der Waals surface area contributed by atoms with Gasteiger partial charge in [0.2, 0.25) is 0 Å². The van der Waals surface area contributed by atoms with Gasteiger partial charge in [-0.1, -0.05) is 0 Å². The van der Waals surface area contributed by atoms with Crippen molar-refractivity contribution in [2.45, 2.75) is 30.3 Å². The van der Waals surface area contributed by atoms with Gasteiger partial charge < -0.3 is 5.73 Å². The van der Waals surface area contributed by atoms with E-state index in [-0.39, 0.29) is 0 Å². The normalized spacial score (nSPS) is 33.9. The monoisotopic (exact) mass is 206 g/mol. The van der Waals surface area contributed by atoms with E-state index in [4.69, 9.17) is 31.0 Å². The van der Waals surface area contributed by atoms with Gasteiger partial charge in [0.15, 0.2) is 0 Å². The van der Waals surface area contributed by atoms with E-state index in [0.717, 1.165) is 0 Å². The van der Waals surface area contributed by atoms with Crippen molar-refractivity contribution in [3.05, 3.63) is 0 Å². The van der Waals surface area contributed by atoms with E-state index < -0.39 is 17.5 Å². The Bertz CT molecular complexity index is 259. The van der Waals surface area contributed by atoms with Crippen molar-refractivity contribution in [2.75, 3.05) is 6.54 Å². The lowest BCUT2D eigenvalue weighted by Gasteiger charge is -2.11. The van der Waals surface area contributed by atoms with Crippen LogP contribution < -0.4 is 11.5 Å². The lowest BCUT2D eigenvalue weighted by Crippen LogP contribution is -2.51. The lowest BCUT2D eigenvalue weighted by molar-refractivity contribution is 0.0648. The number of hydrogen-bond donors (Lipinski definition) is 2. The minimum Gasteiger partial charge on any atom is -0.330 e. The highest BCUT2D eigenvalue weighted by atomic mass is 17.5. The average molecular weight is 206 g/mol. The zero-order valence-corrected chi connectivity index (χ0v) is 7.23. The Morgan fingerprint density at radius 2 is 1.57 bits per heavy atom. The first-order valence-electron chi connectivity index (χ1n) is 4.28. The predicted octanol–water partition coefficient (Wildman–Crippen LogP) is -1.38. The van der Waals surface area contributed by atoms with Crippen LogP contribution in [0.2, 0.25) is 0 Å². The molecule has 0 aliphatic carbocycles. The van der Waals surface area contributed by atoms with E-state index in [0.29, 0.717) is 19.4 Å². The van der Waals surface area contributed by atoms with Crippen molar-refractivity contribution in [3.63, 3.8) is 0 Å². The van der Waals surface area contributed by atoms with Gasteiger partial charge in [-0.2, -0.15) is 29.3 Å². The Morgan fingerprint density at radius 1 is 0.929 bits per heavy atom. The maximum absolute atomic E-state index is 5.60. The third-order valence-electron chi connectivity index (χ3n) is 2.47. The highest BCUT2D eigenvalue weighted by molar-refractivity contribution is 5.05. The second kappa shape index (κ2) is 2.43. The summed E-state index contributed by atoms with van der Waals surface area (Å²) in [5.41, 5.74) is 11.0. The fourth-order valence-electron chi connectivity index (χ4n) is 1.45. The minimum atomic E-state index is -1.43. The van der Waals surface area contributed by atoms with Crippen molar-refractivity contribution in [3.8, 4) is 0 Å². The van der Waals surface area contributed by atoms with Crippen LogP contribution in [0.4, 0.5) is 0 Å². The van der Waals surface area contributed by atoms with Gasteiger partial charge in [-0.3, -0.25) is 5.73 Å². The van der Waals surface area contributed by atoms with Crippen LogP contribution in [0.3, 0.4) is 0 Å². The fraction of sp³-hybridized carbons (Fsp3) is 1.00. The zero-order chi connectivity index (χ0) is 9.86. The van der Waals surface area contributed by atoms with Crippen LogP contribution in [0.5, 0.6) is 0 Å². The summed E-state index contributed by atoms with van der Waals surface area (Å²) in [6.07, 6.45) is 1.18. The standard InChI is InChI=1S/C6H10N2O6/c7-3-1-2-4(9-10-4)5(11-12-5)6(8)13-14-6/h1-3,7-8H2. The molecule has 0 aromatic heterocycles. The van der Waals surface area contributed by atoms with Crippen molar-refractivity contribution in [2.24, 2.45) is 11.5 Å². The molecule has 3 aliphatic heterocycles. The first-order valence-corrected chi connectivity index (χ1v) is 4.28. The summed E-state index contributed by atoms with van der Waals surface area (Å²) < 4.78 is 0. The topological polar surface area (TPSA) is 127 Å². The van der Waals surface area contributed by atoms with Crippen LogP contribution in [0.25, 0.3) is 0 Å².